The highest BCUT2D eigenvalue weighted by atomic mass is 16.3. The zero-order valence-corrected chi connectivity index (χ0v) is 6.71. The lowest BCUT2D eigenvalue weighted by atomic mass is 9.95. The van der Waals surface area contributed by atoms with Crippen molar-refractivity contribution in [3.05, 3.63) is 0 Å². The summed E-state index contributed by atoms with van der Waals surface area (Å²) in [5, 5.41) is 15.5. The van der Waals surface area contributed by atoms with Gasteiger partial charge in [0.25, 0.3) is 0 Å². The third-order valence-corrected chi connectivity index (χ3v) is 2.82. The van der Waals surface area contributed by atoms with Gasteiger partial charge in [0.15, 0.2) is 0 Å². The fourth-order valence-electron chi connectivity index (χ4n) is 2.30. The number of fused-ring (bicyclic) bond motifs is 2. The summed E-state index contributed by atoms with van der Waals surface area (Å²) >= 11 is 0. The largest absolute Gasteiger partial charge is 0.395 e. The topological polar surface area (TPSA) is 44.3 Å². The SMILES string of the molecule is OCCNC1CC2CCC1N2. The lowest BCUT2D eigenvalue weighted by molar-refractivity contribution is 0.277. The number of hydrogen-bond donors (Lipinski definition) is 3. The van der Waals surface area contributed by atoms with Crippen molar-refractivity contribution in [2.45, 2.75) is 37.4 Å². The second-order valence-corrected chi connectivity index (χ2v) is 3.57. The van der Waals surface area contributed by atoms with Gasteiger partial charge in [-0.25, -0.2) is 0 Å². The molecule has 0 saturated carbocycles. The molecule has 2 heterocycles. The fraction of sp³-hybridized carbons (Fsp3) is 1.00. The summed E-state index contributed by atoms with van der Waals surface area (Å²) in [4.78, 5) is 0. The molecule has 0 amide bonds. The molecule has 2 aliphatic rings. The molecule has 2 aliphatic heterocycles. The minimum atomic E-state index is 0.258. The molecule has 3 nitrogen and oxygen atoms in total. The van der Waals surface area contributed by atoms with Gasteiger partial charge in [0, 0.05) is 24.7 Å². The molecule has 0 radical (unpaired) electrons. The zero-order valence-electron chi connectivity index (χ0n) is 6.71. The van der Waals surface area contributed by atoms with E-state index in [0.717, 1.165) is 12.6 Å². The molecule has 11 heavy (non-hydrogen) atoms. The summed E-state index contributed by atoms with van der Waals surface area (Å²) in [6.07, 6.45) is 3.92. The molecule has 2 saturated heterocycles. The van der Waals surface area contributed by atoms with Crippen LogP contribution < -0.4 is 10.6 Å². The van der Waals surface area contributed by atoms with E-state index >= 15 is 0 Å². The van der Waals surface area contributed by atoms with Gasteiger partial charge in [0.1, 0.15) is 0 Å². The average molecular weight is 156 g/mol. The molecule has 0 aromatic heterocycles. The molecule has 64 valence electrons. The third kappa shape index (κ3) is 1.41. The lowest BCUT2D eigenvalue weighted by Crippen LogP contribution is -2.40. The maximum atomic E-state index is 8.61. The van der Waals surface area contributed by atoms with E-state index in [1.54, 1.807) is 0 Å². The van der Waals surface area contributed by atoms with E-state index in [4.69, 9.17) is 5.11 Å². The Labute approximate surface area is 67.2 Å². The van der Waals surface area contributed by atoms with E-state index in [9.17, 15) is 0 Å². The molecule has 3 N–H and O–H groups in total. The Balaban J connectivity index is 1.78. The third-order valence-electron chi connectivity index (χ3n) is 2.82. The minimum absolute atomic E-state index is 0.258. The zero-order chi connectivity index (χ0) is 7.68. The Morgan fingerprint density at radius 3 is 2.91 bits per heavy atom. The van der Waals surface area contributed by atoms with Crippen molar-refractivity contribution >= 4 is 0 Å². The van der Waals surface area contributed by atoms with E-state index in [1.165, 1.54) is 19.3 Å². The maximum Gasteiger partial charge on any atom is 0.0556 e. The van der Waals surface area contributed by atoms with Gasteiger partial charge in [0.2, 0.25) is 0 Å². The Bertz CT molecular complexity index is 140. The van der Waals surface area contributed by atoms with E-state index < -0.39 is 0 Å². The van der Waals surface area contributed by atoms with Crippen LogP contribution in [-0.2, 0) is 0 Å². The first-order valence-corrected chi connectivity index (χ1v) is 4.50. The number of hydrogen-bond acceptors (Lipinski definition) is 3. The highest BCUT2D eigenvalue weighted by Gasteiger charge is 2.38. The van der Waals surface area contributed by atoms with Crippen molar-refractivity contribution in [1.82, 2.24) is 10.6 Å². The second kappa shape index (κ2) is 3.09. The Kier molecular flexibility index (Phi) is 2.11. The van der Waals surface area contributed by atoms with Gasteiger partial charge in [-0.05, 0) is 19.3 Å². The highest BCUT2D eigenvalue weighted by molar-refractivity contribution is 5.01. The van der Waals surface area contributed by atoms with Crippen molar-refractivity contribution < 1.29 is 5.11 Å². The first kappa shape index (κ1) is 7.53. The molecule has 3 unspecified atom stereocenters. The lowest BCUT2D eigenvalue weighted by Gasteiger charge is -2.20. The second-order valence-electron chi connectivity index (χ2n) is 3.57. The Morgan fingerprint density at radius 1 is 1.45 bits per heavy atom. The molecule has 0 aromatic rings. The van der Waals surface area contributed by atoms with Crippen molar-refractivity contribution in [3.63, 3.8) is 0 Å². The predicted molar refractivity (Wildman–Crippen MR) is 43.4 cm³/mol. The van der Waals surface area contributed by atoms with Gasteiger partial charge in [-0.3, -0.25) is 0 Å². The van der Waals surface area contributed by atoms with Gasteiger partial charge in [-0.1, -0.05) is 0 Å². The first-order chi connectivity index (χ1) is 5.40. The smallest absolute Gasteiger partial charge is 0.0556 e. The standard InChI is InChI=1S/C8H16N2O/c11-4-3-9-8-5-6-1-2-7(8)10-6/h6-11H,1-5H2. The molecular weight excluding hydrogens is 140 g/mol. The summed E-state index contributed by atoms with van der Waals surface area (Å²) in [6.45, 7) is 1.00. The van der Waals surface area contributed by atoms with Crippen LogP contribution in [0, 0.1) is 0 Å². The monoisotopic (exact) mass is 156 g/mol. The molecule has 0 spiro atoms. The number of nitrogens with one attached hydrogen (secondary N) is 2. The van der Waals surface area contributed by atoms with Gasteiger partial charge in [-0.2, -0.15) is 0 Å². The van der Waals surface area contributed by atoms with Crippen molar-refractivity contribution in [1.29, 1.82) is 0 Å². The first-order valence-electron chi connectivity index (χ1n) is 4.50. The van der Waals surface area contributed by atoms with Gasteiger partial charge >= 0.3 is 0 Å². The molecule has 2 bridgehead atoms. The van der Waals surface area contributed by atoms with Crippen LogP contribution in [-0.4, -0.2) is 36.4 Å². The summed E-state index contributed by atoms with van der Waals surface area (Å²) in [5.41, 5.74) is 0. The molecule has 0 aromatic carbocycles. The maximum absolute atomic E-state index is 8.61. The van der Waals surface area contributed by atoms with Crippen LogP contribution in [0.5, 0.6) is 0 Å². The molecule has 2 rings (SSSR count). The van der Waals surface area contributed by atoms with E-state index in [2.05, 4.69) is 10.6 Å². The molecule has 2 fully saturated rings. The Hall–Kier alpha value is -0.120. The summed E-state index contributed by atoms with van der Waals surface area (Å²) in [5.74, 6) is 0. The summed E-state index contributed by atoms with van der Waals surface area (Å²) in [6, 6.07) is 2.07. The minimum Gasteiger partial charge on any atom is -0.395 e. The van der Waals surface area contributed by atoms with Crippen LogP contribution in [0.15, 0.2) is 0 Å². The quantitative estimate of drug-likeness (QED) is 0.514. The van der Waals surface area contributed by atoms with Crippen molar-refractivity contribution in [2.24, 2.45) is 0 Å². The molecular formula is C8H16N2O. The van der Waals surface area contributed by atoms with Crippen molar-refractivity contribution in [2.75, 3.05) is 13.2 Å². The predicted octanol–water partition coefficient (Wildman–Crippen LogP) is -0.539. The fourth-order valence-corrected chi connectivity index (χ4v) is 2.30. The van der Waals surface area contributed by atoms with E-state index in [1.807, 2.05) is 0 Å². The number of aliphatic hydroxyl groups excluding tert-OH is 1. The van der Waals surface area contributed by atoms with Crippen LogP contribution in [0.1, 0.15) is 19.3 Å². The van der Waals surface area contributed by atoms with Crippen LogP contribution in [0.25, 0.3) is 0 Å². The van der Waals surface area contributed by atoms with Crippen LogP contribution >= 0.6 is 0 Å². The normalized spacial score (nSPS) is 41.7. The summed E-state index contributed by atoms with van der Waals surface area (Å²) in [7, 11) is 0. The van der Waals surface area contributed by atoms with Crippen molar-refractivity contribution in [3.8, 4) is 0 Å². The van der Waals surface area contributed by atoms with Crippen LogP contribution in [0.2, 0.25) is 0 Å². The molecule has 0 aliphatic carbocycles. The number of aliphatic hydroxyl groups is 1. The Morgan fingerprint density at radius 2 is 2.36 bits per heavy atom. The van der Waals surface area contributed by atoms with E-state index in [-0.39, 0.29) is 6.61 Å². The van der Waals surface area contributed by atoms with Crippen LogP contribution in [0.3, 0.4) is 0 Å². The summed E-state index contributed by atoms with van der Waals surface area (Å²) < 4.78 is 0. The average Bonchev–Trinajstić information content (AvgIpc) is 2.60. The highest BCUT2D eigenvalue weighted by Crippen LogP contribution is 2.27. The van der Waals surface area contributed by atoms with Crippen LogP contribution in [0.4, 0.5) is 0 Å². The molecule has 3 atom stereocenters. The number of rotatable bonds is 3. The van der Waals surface area contributed by atoms with Gasteiger partial charge in [-0.15, -0.1) is 0 Å². The van der Waals surface area contributed by atoms with Gasteiger partial charge in [0.05, 0.1) is 6.61 Å². The van der Waals surface area contributed by atoms with Gasteiger partial charge < -0.3 is 15.7 Å². The van der Waals surface area contributed by atoms with E-state index in [0.29, 0.717) is 12.1 Å². The molecule has 3 heteroatoms.